The minimum absolute atomic E-state index is 0.546. The molecule has 0 amide bonds. The van der Waals surface area contributed by atoms with Crippen LogP contribution in [0.4, 0.5) is 0 Å². The summed E-state index contributed by atoms with van der Waals surface area (Å²) in [5, 5.41) is 0. The second-order valence-corrected chi connectivity index (χ2v) is 7.68. The van der Waals surface area contributed by atoms with Crippen LogP contribution >= 0.6 is 11.3 Å². The van der Waals surface area contributed by atoms with Crippen LogP contribution in [0, 0.1) is 0 Å². The molecule has 102 valence electrons. The molecule has 7 heteroatoms. The fourth-order valence-electron chi connectivity index (χ4n) is 1.98. The van der Waals surface area contributed by atoms with Gasteiger partial charge in [0, 0.05) is 17.1 Å². The molecule has 2 aromatic rings. The summed E-state index contributed by atoms with van der Waals surface area (Å²) in [6.45, 7) is 0.706. The molecule has 1 unspecified atom stereocenters. The van der Waals surface area contributed by atoms with Gasteiger partial charge in [0.05, 0.1) is 12.2 Å². The van der Waals surface area contributed by atoms with Gasteiger partial charge in [-0.25, -0.2) is 9.97 Å². The first kappa shape index (κ1) is 13.2. The smallest absolute Gasteiger partial charge is 0.303 e. The average molecular weight is 296 g/mol. The zero-order chi connectivity index (χ0) is 13.6. The van der Waals surface area contributed by atoms with Crippen molar-refractivity contribution in [2.45, 2.75) is 29.6 Å². The molecule has 0 saturated heterocycles. The highest BCUT2D eigenvalue weighted by molar-refractivity contribution is 7.92. The van der Waals surface area contributed by atoms with E-state index in [9.17, 15) is 4.55 Å². The average Bonchev–Trinajstić information content (AvgIpc) is 3.06. The lowest BCUT2D eigenvalue weighted by Gasteiger charge is -2.09. The Morgan fingerprint density at radius 3 is 2.63 bits per heavy atom. The Balaban J connectivity index is 2.11. The van der Waals surface area contributed by atoms with Crippen LogP contribution < -0.4 is 0 Å². The summed E-state index contributed by atoms with van der Waals surface area (Å²) >= 11 is 0.427. The normalized spacial score (nSPS) is 17.3. The Kier molecular flexibility index (Phi) is 3.46. The van der Waals surface area contributed by atoms with Crippen LogP contribution in [0.15, 0.2) is 4.34 Å². The second kappa shape index (κ2) is 4.97. The second-order valence-electron chi connectivity index (χ2n) is 5.12. The topological polar surface area (TPSA) is 65.0 Å². The minimum atomic E-state index is -1.05. The van der Waals surface area contributed by atoms with Gasteiger partial charge >= 0.3 is 4.34 Å². The van der Waals surface area contributed by atoms with Gasteiger partial charge in [0.1, 0.15) is 16.8 Å². The molecule has 0 aromatic carbocycles. The molecule has 1 saturated carbocycles. The van der Waals surface area contributed by atoms with E-state index in [-0.39, 0.29) is 0 Å². The molecule has 0 spiro atoms. The van der Waals surface area contributed by atoms with Crippen LogP contribution in [-0.2, 0) is 17.7 Å². The van der Waals surface area contributed by atoms with Gasteiger partial charge in [-0.15, -0.1) is 0 Å². The zero-order valence-electron chi connectivity index (χ0n) is 11.2. The molecule has 3 rings (SSSR count). The monoisotopic (exact) mass is 296 g/mol. The molecule has 1 aliphatic carbocycles. The highest BCUT2D eigenvalue weighted by Crippen LogP contribution is 2.43. The van der Waals surface area contributed by atoms with Gasteiger partial charge in [-0.3, -0.25) is 0 Å². The number of nitrogens with zero attached hydrogens (tertiary/aromatic N) is 4. The number of hydrogen-bond donors (Lipinski definition) is 0. The van der Waals surface area contributed by atoms with Crippen molar-refractivity contribution in [3.63, 3.8) is 0 Å². The molecular formula is C12H16N4OS2. The zero-order valence-corrected chi connectivity index (χ0v) is 12.8. The van der Waals surface area contributed by atoms with Crippen molar-refractivity contribution in [2.24, 2.45) is 0 Å². The molecule has 2 heterocycles. The highest BCUT2D eigenvalue weighted by Gasteiger charge is 2.30. The molecule has 1 fully saturated rings. The molecule has 0 N–H and O–H groups in total. The van der Waals surface area contributed by atoms with Crippen molar-refractivity contribution in [1.82, 2.24) is 19.9 Å². The molecule has 5 nitrogen and oxygen atoms in total. The van der Waals surface area contributed by atoms with Crippen molar-refractivity contribution in [3.05, 3.63) is 11.5 Å². The third-order valence-electron chi connectivity index (χ3n) is 2.97. The Hall–Kier alpha value is -0.760. The number of aromatic nitrogens is 3. The summed E-state index contributed by atoms with van der Waals surface area (Å²) in [5.41, 5.74) is 1.82. The Labute approximate surface area is 119 Å². The maximum Gasteiger partial charge on any atom is 0.303 e. The van der Waals surface area contributed by atoms with Crippen molar-refractivity contribution < 1.29 is 4.55 Å². The van der Waals surface area contributed by atoms with Crippen LogP contribution in [0.3, 0.4) is 0 Å². The Morgan fingerprint density at radius 1 is 1.32 bits per heavy atom. The van der Waals surface area contributed by atoms with Crippen LogP contribution in [0.1, 0.15) is 30.3 Å². The maximum atomic E-state index is 11.6. The largest absolute Gasteiger partial charge is 0.610 e. The first-order valence-electron chi connectivity index (χ1n) is 6.20. The van der Waals surface area contributed by atoms with E-state index in [0.29, 0.717) is 22.4 Å². The van der Waals surface area contributed by atoms with Crippen molar-refractivity contribution >= 4 is 32.9 Å². The summed E-state index contributed by atoms with van der Waals surface area (Å²) in [4.78, 5) is 15.6. The van der Waals surface area contributed by atoms with E-state index in [1.165, 1.54) is 24.2 Å². The van der Waals surface area contributed by atoms with Crippen LogP contribution in [-0.4, -0.2) is 44.8 Å². The molecule has 0 radical (unpaired) electrons. The fraction of sp³-hybridized carbons (Fsp3) is 0.583. The van der Waals surface area contributed by atoms with Gasteiger partial charge in [-0.05, 0) is 26.9 Å². The summed E-state index contributed by atoms with van der Waals surface area (Å²) in [5.74, 6) is 1.35. The fourth-order valence-corrected chi connectivity index (χ4v) is 3.72. The molecule has 0 bridgehead atoms. The van der Waals surface area contributed by atoms with E-state index in [1.807, 2.05) is 19.0 Å². The summed E-state index contributed by atoms with van der Waals surface area (Å²) in [7, 11) is 4.00. The molecule has 19 heavy (non-hydrogen) atoms. The van der Waals surface area contributed by atoms with E-state index in [1.54, 1.807) is 6.26 Å². The van der Waals surface area contributed by atoms with Gasteiger partial charge in [0.15, 0.2) is 5.65 Å². The molecular weight excluding hydrogens is 280 g/mol. The molecule has 0 aliphatic heterocycles. The van der Waals surface area contributed by atoms with E-state index in [0.717, 1.165) is 16.2 Å². The summed E-state index contributed by atoms with van der Waals surface area (Å²) in [6.07, 6.45) is 4.04. The van der Waals surface area contributed by atoms with Crippen molar-refractivity contribution in [2.75, 3.05) is 20.4 Å². The Morgan fingerprint density at radius 2 is 2.05 bits per heavy atom. The predicted octanol–water partition coefficient (Wildman–Crippen LogP) is 1.76. The van der Waals surface area contributed by atoms with Gasteiger partial charge < -0.3 is 9.45 Å². The van der Waals surface area contributed by atoms with Crippen molar-refractivity contribution in [1.29, 1.82) is 0 Å². The van der Waals surface area contributed by atoms with Gasteiger partial charge in [-0.2, -0.15) is 4.98 Å². The third-order valence-corrected chi connectivity index (χ3v) is 5.37. The number of rotatable bonds is 4. The van der Waals surface area contributed by atoms with E-state index >= 15 is 0 Å². The molecule has 2 aromatic heterocycles. The lowest BCUT2D eigenvalue weighted by Crippen LogP contribution is -2.14. The first-order chi connectivity index (χ1) is 9.04. The van der Waals surface area contributed by atoms with E-state index < -0.39 is 11.2 Å². The third kappa shape index (κ3) is 2.74. The lowest BCUT2D eigenvalue weighted by atomic mass is 10.2. The number of hydrogen-bond acceptors (Lipinski definition) is 6. The van der Waals surface area contributed by atoms with Crippen molar-refractivity contribution in [3.8, 4) is 0 Å². The standard InChI is InChI=1S/C12H16N4OS2/c1-16(2)6-8-13-9(7-4-5-7)10-11(14-8)15-12(18-10)19(3)17/h7H,4-6H2,1-3H3. The van der Waals surface area contributed by atoms with Crippen LogP contribution in [0.5, 0.6) is 0 Å². The Bertz CT molecular complexity index is 607. The number of thiazole rings is 1. The van der Waals surface area contributed by atoms with E-state index in [4.69, 9.17) is 4.98 Å². The van der Waals surface area contributed by atoms with Crippen LogP contribution in [0.2, 0.25) is 0 Å². The summed E-state index contributed by atoms with van der Waals surface area (Å²) in [6, 6.07) is 0. The lowest BCUT2D eigenvalue weighted by molar-refractivity contribution is 0.390. The van der Waals surface area contributed by atoms with Gasteiger partial charge in [-0.1, -0.05) is 11.3 Å². The SMILES string of the molecule is CN(C)Cc1nc(C2CC2)c2sc([S+](C)[O-])nc2n1. The molecule has 1 aliphatic rings. The minimum Gasteiger partial charge on any atom is -0.610 e. The summed E-state index contributed by atoms with van der Waals surface area (Å²) < 4.78 is 13.2. The predicted molar refractivity (Wildman–Crippen MR) is 76.9 cm³/mol. The number of fused-ring (bicyclic) bond motifs is 1. The van der Waals surface area contributed by atoms with E-state index in [2.05, 4.69) is 9.97 Å². The van der Waals surface area contributed by atoms with Crippen LogP contribution in [0.25, 0.3) is 10.3 Å². The molecule has 1 atom stereocenters. The maximum absolute atomic E-state index is 11.6. The quantitative estimate of drug-likeness (QED) is 0.804. The van der Waals surface area contributed by atoms with Gasteiger partial charge in [0.25, 0.3) is 0 Å². The first-order valence-corrected chi connectivity index (χ1v) is 8.57. The van der Waals surface area contributed by atoms with Gasteiger partial charge in [0.2, 0.25) is 0 Å². The highest BCUT2D eigenvalue weighted by atomic mass is 32.2.